The molecular formula is C15H27N. The normalized spacial score (nSPS) is 24.3. The molecule has 92 valence electrons. The molecule has 16 heavy (non-hydrogen) atoms. The minimum Gasteiger partial charge on any atom is -0.327 e. The monoisotopic (exact) mass is 221 g/mol. The van der Waals surface area contributed by atoms with Crippen molar-refractivity contribution in [2.45, 2.75) is 64.2 Å². The van der Waals surface area contributed by atoms with Gasteiger partial charge in [-0.25, -0.2) is 0 Å². The highest BCUT2D eigenvalue weighted by Crippen LogP contribution is 2.39. The molecule has 0 heterocycles. The Morgan fingerprint density at radius 1 is 0.812 bits per heavy atom. The van der Waals surface area contributed by atoms with Crippen molar-refractivity contribution < 1.29 is 0 Å². The molecule has 1 nitrogen and oxygen atoms in total. The Kier molecular flexibility index (Phi) is 4.90. The van der Waals surface area contributed by atoms with Crippen molar-refractivity contribution in [3.63, 3.8) is 0 Å². The maximum Gasteiger partial charge on any atom is 0.0109 e. The van der Waals surface area contributed by atoms with Crippen LogP contribution in [0.1, 0.15) is 64.2 Å². The van der Waals surface area contributed by atoms with Gasteiger partial charge in [0.2, 0.25) is 0 Å². The van der Waals surface area contributed by atoms with Gasteiger partial charge in [-0.15, -0.1) is 0 Å². The molecular weight excluding hydrogens is 194 g/mol. The van der Waals surface area contributed by atoms with Crippen LogP contribution in [0.3, 0.4) is 0 Å². The molecule has 0 aromatic carbocycles. The lowest BCUT2D eigenvalue weighted by Crippen LogP contribution is -2.19. The van der Waals surface area contributed by atoms with Crippen molar-refractivity contribution in [3.05, 3.63) is 11.6 Å². The van der Waals surface area contributed by atoms with Crippen LogP contribution >= 0.6 is 0 Å². The Morgan fingerprint density at radius 2 is 1.25 bits per heavy atom. The molecule has 0 unspecified atom stereocenters. The lowest BCUT2D eigenvalue weighted by Gasteiger charge is -2.32. The van der Waals surface area contributed by atoms with Gasteiger partial charge in [-0.05, 0) is 37.5 Å². The van der Waals surface area contributed by atoms with Crippen LogP contribution in [0.4, 0.5) is 0 Å². The summed E-state index contributed by atoms with van der Waals surface area (Å²) in [5.41, 5.74) is 7.52. The maximum absolute atomic E-state index is 5.77. The number of allylic oxidation sites excluding steroid dienone is 1. The summed E-state index contributed by atoms with van der Waals surface area (Å²) >= 11 is 0. The minimum absolute atomic E-state index is 0.752. The van der Waals surface area contributed by atoms with Crippen LogP contribution < -0.4 is 5.73 Å². The van der Waals surface area contributed by atoms with Crippen LogP contribution in [0, 0.1) is 11.8 Å². The van der Waals surface area contributed by atoms with Gasteiger partial charge in [-0.3, -0.25) is 0 Å². The topological polar surface area (TPSA) is 26.0 Å². The van der Waals surface area contributed by atoms with E-state index in [-0.39, 0.29) is 0 Å². The molecule has 0 spiro atoms. The molecule has 0 aromatic heterocycles. The van der Waals surface area contributed by atoms with Crippen LogP contribution in [-0.2, 0) is 0 Å². The highest BCUT2D eigenvalue weighted by molar-refractivity contribution is 5.13. The van der Waals surface area contributed by atoms with Gasteiger partial charge < -0.3 is 5.73 Å². The first-order valence-corrected chi connectivity index (χ1v) is 7.32. The van der Waals surface area contributed by atoms with Gasteiger partial charge in [0.15, 0.2) is 0 Å². The Labute approximate surface area is 100 Å². The average Bonchev–Trinajstić information content (AvgIpc) is 2.38. The van der Waals surface area contributed by atoms with E-state index in [4.69, 9.17) is 5.73 Å². The fraction of sp³-hybridized carbons (Fsp3) is 0.867. The predicted molar refractivity (Wildman–Crippen MR) is 70.3 cm³/mol. The molecule has 2 saturated carbocycles. The molecule has 2 aliphatic rings. The molecule has 0 aromatic rings. The Balaban J connectivity index is 2.00. The van der Waals surface area contributed by atoms with Gasteiger partial charge >= 0.3 is 0 Å². The Morgan fingerprint density at radius 3 is 1.62 bits per heavy atom. The van der Waals surface area contributed by atoms with Gasteiger partial charge in [0.1, 0.15) is 0 Å². The first-order chi connectivity index (χ1) is 7.92. The number of rotatable bonds is 3. The van der Waals surface area contributed by atoms with Crippen molar-refractivity contribution >= 4 is 0 Å². The van der Waals surface area contributed by atoms with Gasteiger partial charge in [0.05, 0.1) is 0 Å². The third-order valence-corrected chi connectivity index (χ3v) is 4.51. The van der Waals surface area contributed by atoms with Gasteiger partial charge in [-0.1, -0.05) is 50.2 Å². The number of hydrogen-bond donors (Lipinski definition) is 1. The SMILES string of the molecule is NCC=C(C1CCCCC1)C1CCCCC1. The van der Waals surface area contributed by atoms with E-state index in [1.807, 2.05) is 0 Å². The molecule has 2 rings (SSSR count). The second-order valence-electron chi connectivity index (χ2n) is 5.61. The Hall–Kier alpha value is -0.300. The predicted octanol–water partition coefficient (Wildman–Crippen LogP) is 4.03. The molecule has 0 aliphatic heterocycles. The number of nitrogens with two attached hydrogens (primary N) is 1. The van der Waals surface area contributed by atoms with E-state index in [1.54, 1.807) is 5.57 Å². The molecule has 0 bridgehead atoms. The zero-order valence-electron chi connectivity index (χ0n) is 10.6. The average molecular weight is 221 g/mol. The van der Waals surface area contributed by atoms with E-state index in [0.29, 0.717) is 0 Å². The summed E-state index contributed by atoms with van der Waals surface area (Å²) in [6.07, 6.45) is 16.8. The second-order valence-corrected chi connectivity index (χ2v) is 5.61. The minimum atomic E-state index is 0.752. The molecule has 0 radical (unpaired) electrons. The van der Waals surface area contributed by atoms with E-state index in [2.05, 4.69) is 6.08 Å². The van der Waals surface area contributed by atoms with Gasteiger partial charge in [0, 0.05) is 6.54 Å². The molecule has 2 aliphatic carbocycles. The van der Waals surface area contributed by atoms with Crippen LogP contribution in [0.2, 0.25) is 0 Å². The van der Waals surface area contributed by atoms with Crippen LogP contribution in [0.15, 0.2) is 11.6 Å². The lowest BCUT2D eigenvalue weighted by molar-refractivity contribution is 0.325. The van der Waals surface area contributed by atoms with Crippen molar-refractivity contribution in [1.29, 1.82) is 0 Å². The summed E-state index contributed by atoms with van der Waals surface area (Å²) < 4.78 is 0. The highest BCUT2D eigenvalue weighted by Gasteiger charge is 2.25. The van der Waals surface area contributed by atoms with E-state index in [1.165, 1.54) is 64.2 Å². The molecule has 0 atom stereocenters. The van der Waals surface area contributed by atoms with E-state index in [9.17, 15) is 0 Å². The van der Waals surface area contributed by atoms with Gasteiger partial charge in [0.25, 0.3) is 0 Å². The van der Waals surface area contributed by atoms with E-state index in [0.717, 1.165) is 18.4 Å². The fourth-order valence-electron chi connectivity index (χ4n) is 3.67. The summed E-state index contributed by atoms with van der Waals surface area (Å²) in [6, 6.07) is 0. The summed E-state index contributed by atoms with van der Waals surface area (Å²) in [5, 5.41) is 0. The summed E-state index contributed by atoms with van der Waals surface area (Å²) in [7, 11) is 0. The maximum atomic E-state index is 5.77. The van der Waals surface area contributed by atoms with E-state index >= 15 is 0 Å². The summed E-state index contributed by atoms with van der Waals surface area (Å²) in [6.45, 7) is 0.752. The standard InChI is InChI=1S/C15H27N/c16-12-11-15(13-7-3-1-4-8-13)14-9-5-2-6-10-14/h11,13-14H,1-10,12,16H2. The van der Waals surface area contributed by atoms with Crippen LogP contribution in [-0.4, -0.2) is 6.54 Å². The molecule has 2 N–H and O–H groups in total. The van der Waals surface area contributed by atoms with Crippen molar-refractivity contribution in [3.8, 4) is 0 Å². The zero-order chi connectivity index (χ0) is 11.2. The van der Waals surface area contributed by atoms with Crippen molar-refractivity contribution in [2.75, 3.05) is 6.54 Å². The largest absolute Gasteiger partial charge is 0.327 e. The van der Waals surface area contributed by atoms with E-state index < -0.39 is 0 Å². The third kappa shape index (κ3) is 3.10. The zero-order valence-corrected chi connectivity index (χ0v) is 10.6. The number of hydrogen-bond acceptors (Lipinski definition) is 1. The third-order valence-electron chi connectivity index (χ3n) is 4.51. The first-order valence-electron chi connectivity index (χ1n) is 7.32. The first kappa shape index (κ1) is 12.2. The second kappa shape index (κ2) is 6.44. The van der Waals surface area contributed by atoms with Crippen LogP contribution in [0.25, 0.3) is 0 Å². The molecule has 0 saturated heterocycles. The fourth-order valence-corrected chi connectivity index (χ4v) is 3.67. The van der Waals surface area contributed by atoms with Crippen molar-refractivity contribution in [2.24, 2.45) is 17.6 Å². The Bertz CT molecular complexity index is 200. The quantitative estimate of drug-likeness (QED) is 0.715. The lowest BCUT2D eigenvalue weighted by atomic mass is 9.73. The van der Waals surface area contributed by atoms with Crippen LogP contribution in [0.5, 0.6) is 0 Å². The molecule has 2 fully saturated rings. The summed E-state index contributed by atoms with van der Waals surface area (Å²) in [4.78, 5) is 0. The smallest absolute Gasteiger partial charge is 0.0109 e. The highest BCUT2D eigenvalue weighted by atomic mass is 14.5. The summed E-state index contributed by atoms with van der Waals surface area (Å²) in [5.74, 6) is 1.78. The van der Waals surface area contributed by atoms with Crippen molar-refractivity contribution in [1.82, 2.24) is 0 Å². The van der Waals surface area contributed by atoms with Gasteiger partial charge in [-0.2, -0.15) is 0 Å². The molecule has 1 heteroatoms. The molecule has 0 amide bonds.